The average Bonchev–Trinajstić information content (AvgIpc) is 2.46. The Hall–Kier alpha value is -1.94. The molecule has 94 valence electrons. The highest BCUT2D eigenvalue weighted by Gasteiger charge is 2.11. The van der Waals surface area contributed by atoms with Gasteiger partial charge in [-0.1, -0.05) is 30.3 Å². The summed E-state index contributed by atoms with van der Waals surface area (Å²) in [5.41, 5.74) is 1.97. The lowest BCUT2D eigenvalue weighted by molar-refractivity contribution is 0.112. The summed E-state index contributed by atoms with van der Waals surface area (Å²) in [5, 5.41) is 3.05. The fourth-order valence-corrected chi connectivity index (χ4v) is 1.64. The molecule has 1 unspecified atom stereocenters. The van der Waals surface area contributed by atoms with E-state index in [-0.39, 0.29) is 6.10 Å². The summed E-state index contributed by atoms with van der Waals surface area (Å²) < 4.78 is 5.27. The molecule has 0 saturated carbocycles. The maximum Gasteiger partial charge on any atom is 0.159 e. The van der Waals surface area contributed by atoms with Crippen LogP contribution >= 0.6 is 0 Å². The number of nitrogens with one attached hydrogen (secondary N) is 1. The van der Waals surface area contributed by atoms with Gasteiger partial charge in [0.2, 0.25) is 0 Å². The van der Waals surface area contributed by atoms with E-state index in [2.05, 4.69) is 15.3 Å². The number of nitrogens with zero attached hydrogens (tertiary/aromatic N) is 2. The van der Waals surface area contributed by atoms with E-state index in [1.165, 1.54) is 0 Å². The van der Waals surface area contributed by atoms with Gasteiger partial charge in [0.25, 0.3) is 0 Å². The zero-order chi connectivity index (χ0) is 13.0. The Kier molecular flexibility index (Phi) is 3.89. The van der Waals surface area contributed by atoms with Gasteiger partial charge in [-0.2, -0.15) is 0 Å². The molecule has 0 amide bonds. The van der Waals surface area contributed by atoms with Crippen LogP contribution in [0.15, 0.2) is 36.4 Å². The van der Waals surface area contributed by atoms with Crippen LogP contribution in [0.5, 0.6) is 0 Å². The van der Waals surface area contributed by atoms with Gasteiger partial charge in [0, 0.05) is 25.8 Å². The first-order valence-electron chi connectivity index (χ1n) is 5.89. The molecule has 2 aromatic rings. The number of aromatic nitrogens is 2. The lowest BCUT2D eigenvalue weighted by Gasteiger charge is -2.12. The van der Waals surface area contributed by atoms with Gasteiger partial charge >= 0.3 is 0 Å². The van der Waals surface area contributed by atoms with Crippen molar-refractivity contribution in [1.82, 2.24) is 9.97 Å². The number of hydrogen-bond donors (Lipinski definition) is 1. The van der Waals surface area contributed by atoms with E-state index in [4.69, 9.17) is 4.74 Å². The number of benzene rings is 1. The molecule has 0 fully saturated rings. The standard InChI is InChI=1S/C14H17N3O/c1-10(18-3)14-16-12(9-13(15-2)17-14)11-7-5-4-6-8-11/h4-10H,1-3H3,(H,15,16,17). The molecular weight excluding hydrogens is 226 g/mol. The average molecular weight is 243 g/mol. The van der Waals surface area contributed by atoms with Crippen molar-refractivity contribution in [3.63, 3.8) is 0 Å². The number of rotatable bonds is 4. The van der Waals surface area contributed by atoms with Crippen molar-refractivity contribution in [3.05, 3.63) is 42.2 Å². The van der Waals surface area contributed by atoms with Crippen LogP contribution in [0, 0.1) is 0 Å². The number of hydrogen-bond acceptors (Lipinski definition) is 4. The molecule has 0 saturated heterocycles. The van der Waals surface area contributed by atoms with Crippen molar-refractivity contribution >= 4 is 5.82 Å². The molecule has 0 aliphatic rings. The number of anilines is 1. The third-order valence-corrected chi connectivity index (χ3v) is 2.79. The van der Waals surface area contributed by atoms with Crippen molar-refractivity contribution in [2.45, 2.75) is 13.0 Å². The van der Waals surface area contributed by atoms with Gasteiger partial charge in [-0.3, -0.25) is 0 Å². The highest BCUT2D eigenvalue weighted by Crippen LogP contribution is 2.22. The molecule has 1 atom stereocenters. The van der Waals surface area contributed by atoms with Crippen molar-refractivity contribution < 1.29 is 4.74 Å². The third-order valence-electron chi connectivity index (χ3n) is 2.79. The quantitative estimate of drug-likeness (QED) is 0.897. The molecule has 0 aliphatic carbocycles. The number of ether oxygens (including phenoxy) is 1. The minimum absolute atomic E-state index is 0.124. The van der Waals surface area contributed by atoms with Gasteiger partial charge in [-0.15, -0.1) is 0 Å². The zero-order valence-electron chi connectivity index (χ0n) is 10.8. The van der Waals surface area contributed by atoms with Crippen molar-refractivity contribution in [2.24, 2.45) is 0 Å². The monoisotopic (exact) mass is 243 g/mol. The molecule has 2 rings (SSSR count). The fraction of sp³-hybridized carbons (Fsp3) is 0.286. The Labute approximate surface area is 107 Å². The first-order chi connectivity index (χ1) is 8.74. The van der Waals surface area contributed by atoms with Gasteiger partial charge in [0.05, 0.1) is 5.69 Å². The van der Waals surface area contributed by atoms with Gasteiger partial charge < -0.3 is 10.1 Å². The molecule has 18 heavy (non-hydrogen) atoms. The van der Waals surface area contributed by atoms with Crippen molar-refractivity contribution in [3.8, 4) is 11.3 Å². The minimum atomic E-state index is -0.124. The Morgan fingerprint density at radius 2 is 1.89 bits per heavy atom. The molecule has 4 heteroatoms. The van der Waals surface area contributed by atoms with Crippen molar-refractivity contribution in [1.29, 1.82) is 0 Å². The molecule has 1 aromatic heterocycles. The van der Waals surface area contributed by atoms with E-state index in [0.717, 1.165) is 17.1 Å². The lowest BCUT2D eigenvalue weighted by atomic mass is 10.1. The normalized spacial score (nSPS) is 12.2. The zero-order valence-corrected chi connectivity index (χ0v) is 10.8. The third kappa shape index (κ3) is 2.65. The summed E-state index contributed by atoms with van der Waals surface area (Å²) >= 11 is 0. The van der Waals surface area contributed by atoms with E-state index in [1.807, 2.05) is 50.4 Å². The van der Waals surface area contributed by atoms with Crippen LogP contribution in [0.4, 0.5) is 5.82 Å². The number of methoxy groups -OCH3 is 1. The molecule has 4 nitrogen and oxygen atoms in total. The van der Waals surface area contributed by atoms with E-state index in [1.54, 1.807) is 7.11 Å². The Morgan fingerprint density at radius 1 is 1.17 bits per heavy atom. The van der Waals surface area contributed by atoms with Crippen LogP contribution < -0.4 is 5.32 Å². The van der Waals surface area contributed by atoms with Crippen LogP contribution in [0.2, 0.25) is 0 Å². The molecule has 0 bridgehead atoms. The highest BCUT2D eigenvalue weighted by molar-refractivity contribution is 5.62. The summed E-state index contributed by atoms with van der Waals surface area (Å²) in [5.74, 6) is 1.48. The predicted molar refractivity (Wildman–Crippen MR) is 72.4 cm³/mol. The predicted octanol–water partition coefficient (Wildman–Crippen LogP) is 2.89. The van der Waals surface area contributed by atoms with Crippen LogP contribution in [-0.4, -0.2) is 24.1 Å². The second-order valence-electron chi connectivity index (χ2n) is 3.99. The summed E-state index contributed by atoms with van der Waals surface area (Å²) in [6.07, 6.45) is -0.124. The van der Waals surface area contributed by atoms with Gasteiger partial charge in [-0.05, 0) is 6.92 Å². The molecule has 1 heterocycles. The van der Waals surface area contributed by atoms with E-state index in [0.29, 0.717) is 5.82 Å². The summed E-state index contributed by atoms with van der Waals surface area (Å²) in [7, 11) is 3.50. The summed E-state index contributed by atoms with van der Waals surface area (Å²) in [6.45, 7) is 1.93. The van der Waals surface area contributed by atoms with Crippen LogP contribution in [0.1, 0.15) is 18.9 Å². The fourth-order valence-electron chi connectivity index (χ4n) is 1.64. The largest absolute Gasteiger partial charge is 0.374 e. The molecule has 1 N–H and O–H groups in total. The van der Waals surface area contributed by atoms with Gasteiger partial charge in [0.1, 0.15) is 11.9 Å². The van der Waals surface area contributed by atoms with Gasteiger partial charge in [-0.25, -0.2) is 9.97 Å². The van der Waals surface area contributed by atoms with Crippen LogP contribution in [0.3, 0.4) is 0 Å². The first kappa shape index (κ1) is 12.5. The maximum absolute atomic E-state index is 5.27. The first-order valence-corrected chi connectivity index (χ1v) is 5.89. The molecule has 0 spiro atoms. The summed E-state index contributed by atoms with van der Waals surface area (Å²) in [6, 6.07) is 12.0. The van der Waals surface area contributed by atoms with E-state index in [9.17, 15) is 0 Å². The Balaban J connectivity index is 2.48. The smallest absolute Gasteiger partial charge is 0.159 e. The lowest BCUT2D eigenvalue weighted by Crippen LogP contribution is -2.06. The SMILES string of the molecule is CNc1cc(-c2ccccc2)nc(C(C)OC)n1. The van der Waals surface area contributed by atoms with Crippen LogP contribution in [-0.2, 0) is 4.74 Å². The molecule has 0 radical (unpaired) electrons. The molecule has 1 aromatic carbocycles. The topological polar surface area (TPSA) is 47.0 Å². The molecule has 0 aliphatic heterocycles. The van der Waals surface area contributed by atoms with E-state index >= 15 is 0 Å². The Bertz CT molecular complexity index is 514. The maximum atomic E-state index is 5.27. The highest BCUT2D eigenvalue weighted by atomic mass is 16.5. The molecular formula is C14H17N3O. The van der Waals surface area contributed by atoms with E-state index < -0.39 is 0 Å². The summed E-state index contributed by atoms with van der Waals surface area (Å²) in [4.78, 5) is 8.95. The second kappa shape index (κ2) is 5.60. The van der Waals surface area contributed by atoms with Crippen LogP contribution in [0.25, 0.3) is 11.3 Å². The second-order valence-corrected chi connectivity index (χ2v) is 3.99. The van der Waals surface area contributed by atoms with Crippen molar-refractivity contribution in [2.75, 3.05) is 19.5 Å². The minimum Gasteiger partial charge on any atom is -0.374 e. The Morgan fingerprint density at radius 3 is 2.50 bits per heavy atom. The van der Waals surface area contributed by atoms with Gasteiger partial charge in [0.15, 0.2) is 5.82 Å².